The number of hydrogen-bond donors (Lipinski definition) is 0. The van der Waals surface area contributed by atoms with Crippen molar-refractivity contribution in [2.75, 3.05) is 0 Å². The molecule has 0 unspecified atom stereocenters. The third-order valence-electron chi connectivity index (χ3n) is 10.0. The first-order valence-corrected chi connectivity index (χ1v) is 15.7. The summed E-state index contributed by atoms with van der Waals surface area (Å²) in [4.78, 5) is 0. The van der Waals surface area contributed by atoms with Crippen molar-refractivity contribution >= 4 is 46.2 Å². The number of ether oxygens (including phenoxy) is 5. The van der Waals surface area contributed by atoms with Crippen molar-refractivity contribution in [2.45, 2.75) is 52.4 Å². The zero-order chi connectivity index (χ0) is 30.6. The molecule has 2 bridgehead atoms. The van der Waals surface area contributed by atoms with Gasteiger partial charge in [0.15, 0.2) is 0 Å². The lowest BCUT2D eigenvalue weighted by Gasteiger charge is -2.39. The summed E-state index contributed by atoms with van der Waals surface area (Å²) in [6.07, 6.45) is 0. The molecule has 5 heterocycles. The van der Waals surface area contributed by atoms with Gasteiger partial charge in [-0.3, -0.25) is 0 Å². The molecule has 0 spiro atoms. The Kier molecular flexibility index (Phi) is 4.59. The summed E-state index contributed by atoms with van der Waals surface area (Å²) in [5.41, 5.74) is 8.37. The Balaban J connectivity index is 1.31. The molecule has 10 rings (SSSR count). The van der Waals surface area contributed by atoms with E-state index in [9.17, 15) is 0 Å². The molecule has 7 heteroatoms. The lowest BCUT2D eigenvalue weighted by Crippen LogP contribution is -2.62. The van der Waals surface area contributed by atoms with Gasteiger partial charge in [-0.1, -0.05) is 59.7 Å². The highest BCUT2D eigenvalue weighted by molar-refractivity contribution is 7.01. The summed E-state index contributed by atoms with van der Waals surface area (Å²) in [6.45, 7) is 13.0. The molecule has 5 aromatic rings. The Labute approximate surface area is 263 Å². The van der Waals surface area contributed by atoms with Crippen molar-refractivity contribution in [1.29, 1.82) is 0 Å². The average molecular weight is 588 g/mol. The van der Waals surface area contributed by atoms with Gasteiger partial charge in [-0.05, 0) is 81.4 Å². The van der Waals surface area contributed by atoms with Crippen LogP contribution in [0.3, 0.4) is 0 Å². The molecular weight excluding hydrogens is 558 g/mol. The minimum atomic E-state index is -0.133. The minimum Gasteiger partial charge on any atom is -0.458 e. The van der Waals surface area contributed by atoms with E-state index in [4.69, 9.17) is 23.7 Å². The summed E-state index contributed by atoms with van der Waals surface area (Å²) >= 11 is 0. The molecule has 218 valence electrons. The van der Waals surface area contributed by atoms with E-state index in [-0.39, 0.29) is 24.3 Å². The molecule has 0 aromatic heterocycles. The van der Waals surface area contributed by atoms with Gasteiger partial charge in [0.05, 0.1) is 0 Å². The Morgan fingerprint density at radius 3 is 1.04 bits per heavy atom. The summed E-state index contributed by atoms with van der Waals surface area (Å²) in [5.74, 6) is 8.01. The highest BCUT2D eigenvalue weighted by Crippen LogP contribution is 2.44. The van der Waals surface area contributed by atoms with Crippen LogP contribution in [0.25, 0.3) is 0 Å². The third kappa shape index (κ3) is 3.36. The predicted octanol–water partition coefficient (Wildman–Crippen LogP) is 5.84. The molecular formula is C38H30B2O5. The Morgan fingerprint density at radius 2 is 0.689 bits per heavy atom. The molecule has 5 aliphatic heterocycles. The largest absolute Gasteiger partial charge is 0.458 e. The fraction of sp³-hybridized carbons (Fsp3) is 0.211. The van der Waals surface area contributed by atoms with Crippen LogP contribution in [0.1, 0.15) is 52.7 Å². The Morgan fingerprint density at radius 1 is 0.378 bits per heavy atom. The first-order chi connectivity index (χ1) is 21.5. The highest BCUT2D eigenvalue weighted by atomic mass is 16.5. The fourth-order valence-electron chi connectivity index (χ4n) is 7.67. The number of hydrogen-bond acceptors (Lipinski definition) is 5. The first kappa shape index (κ1) is 25.5. The van der Waals surface area contributed by atoms with Gasteiger partial charge in [-0.25, -0.2) is 0 Å². The monoisotopic (exact) mass is 588 g/mol. The quantitative estimate of drug-likeness (QED) is 0.209. The van der Waals surface area contributed by atoms with Gasteiger partial charge >= 0.3 is 0 Å². The molecule has 5 nitrogen and oxygen atoms in total. The van der Waals surface area contributed by atoms with Crippen molar-refractivity contribution in [1.82, 2.24) is 0 Å². The zero-order valence-corrected chi connectivity index (χ0v) is 26.1. The van der Waals surface area contributed by atoms with E-state index in [1.165, 1.54) is 0 Å². The smallest absolute Gasteiger partial charge is 0.265 e. The van der Waals surface area contributed by atoms with Gasteiger partial charge in [0, 0.05) is 27.9 Å². The third-order valence-corrected chi connectivity index (χ3v) is 10.0. The second-order valence-corrected chi connectivity index (χ2v) is 14.9. The van der Waals surface area contributed by atoms with E-state index in [1.54, 1.807) is 0 Å². The lowest BCUT2D eigenvalue weighted by molar-refractivity contribution is 0.439. The maximum atomic E-state index is 6.96. The standard InChI is InChI=1S/C38H30B2O5/c1-37(2,3)19-13-29-35-31(15-19)44-27-18-28-22-17-21(27)39(35)33-23(9-7-11-25(33)42-29)41-24-10-8-12-26-34(24)40(22)36-30(43-26)14-20(38(4,5)6)16-32(36)45-28/h7-18H,1-6H3. The van der Waals surface area contributed by atoms with Gasteiger partial charge < -0.3 is 23.7 Å². The summed E-state index contributed by atoms with van der Waals surface area (Å²) in [6, 6.07) is 25.3. The molecule has 0 amide bonds. The van der Waals surface area contributed by atoms with Crippen LogP contribution in [0.5, 0.6) is 57.5 Å². The molecule has 5 aliphatic rings. The van der Waals surface area contributed by atoms with Gasteiger partial charge in [-0.15, -0.1) is 0 Å². The second kappa shape index (κ2) is 8.08. The number of benzene rings is 5. The van der Waals surface area contributed by atoms with Crippen LogP contribution in [-0.4, -0.2) is 13.4 Å². The van der Waals surface area contributed by atoms with E-state index in [1.807, 2.05) is 36.4 Å². The molecule has 0 saturated carbocycles. The second-order valence-electron chi connectivity index (χ2n) is 14.9. The molecule has 0 radical (unpaired) electrons. The number of rotatable bonds is 0. The van der Waals surface area contributed by atoms with Crippen LogP contribution in [0, 0.1) is 0 Å². The molecule has 5 aromatic carbocycles. The molecule has 0 fully saturated rings. The normalized spacial score (nSPS) is 15.2. The first-order valence-electron chi connectivity index (χ1n) is 15.7. The molecule has 0 N–H and O–H groups in total. The molecule has 0 aliphatic carbocycles. The van der Waals surface area contributed by atoms with Crippen LogP contribution < -0.4 is 56.5 Å². The van der Waals surface area contributed by atoms with E-state index < -0.39 is 0 Å². The summed E-state index contributed by atoms with van der Waals surface area (Å²) in [5, 5.41) is 0. The molecule has 0 atom stereocenters. The highest BCUT2D eigenvalue weighted by Gasteiger charge is 2.48. The lowest BCUT2D eigenvalue weighted by atomic mass is 9.31. The molecule has 0 saturated heterocycles. The van der Waals surface area contributed by atoms with Gasteiger partial charge in [0.2, 0.25) is 0 Å². The zero-order valence-electron chi connectivity index (χ0n) is 26.1. The van der Waals surface area contributed by atoms with Crippen LogP contribution in [0.15, 0.2) is 72.8 Å². The van der Waals surface area contributed by atoms with Crippen molar-refractivity contribution < 1.29 is 23.7 Å². The van der Waals surface area contributed by atoms with Crippen molar-refractivity contribution in [3.05, 3.63) is 83.9 Å². The minimum absolute atomic E-state index is 0.0876. The van der Waals surface area contributed by atoms with Crippen molar-refractivity contribution in [3.63, 3.8) is 0 Å². The Bertz CT molecular complexity index is 2040. The van der Waals surface area contributed by atoms with Crippen molar-refractivity contribution in [2.24, 2.45) is 0 Å². The van der Waals surface area contributed by atoms with E-state index >= 15 is 0 Å². The maximum absolute atomic E-state index is 6.96. The van der Waals surface area contributed by atoms with Gasteiger partial charge in [-0.2, -0.15) is 0 Å². The summed E-state index contributed by atoms with van der Waals surface area (Å²) in [7, 11) is 0. The van der Waals surface area contributed by atoms with Gasteiger partial charge in [0.25, 0.3) is 13.4 Å². The van der Waals surface area contributed by atoms with Crippen LogP contribution in [0.4, 0.5) is 0 Å². The SMILES string of the molecule is CC(C)(C)c1cc2c3c(c1)Oc1cccc4c1B3c1cc3c(cc1O2)Oc1cc(C(C)(C)C)cc2c1B3c1c(cccc1O4)O2. The maximum Gasteiger partial charge on any atom is 0.265 e. The van der Waals surface area contributed by atoms with Gasteiger partial charge in [0.1, 0.15) is 57.5 Å². The average Bonchev–Trinajstić information content (AvgIpc) is 2.98. The Hall–Kier alpha value is -4.77. The van der Waals surface area contributed by atoms with Crippen LogP contribution >= 0.6 is 0 Å². The topological polar surface area (TPSA) is 46.2 Å². The molecule has 45 heavy (non-hydrogen) atoms. The van der Waals surface area contributed by atoms with E-state index in [2.05, 4.69) is 77.9 Å². The fourth-order valence-corrected chi connectivity index (χ4v) is 7.67. The summed E-state index contributed by atoms with van der Waals surface area (Å²) < 4.78 is 34.0. The van der Waals surface area contributed by atoms with Crippen molar-refractivity contribution in [3.8, 4) is 57.5 Å². The van der Waals surface area contributed by atoms with E-state index in [0.717, 1.165) is 101 Å². The predicted molar refractivity (Wildman–Crippen MR) is 179 cm³/mol. The van der Waals surface area contributed by atoms with E-state index in [0.29, 0.717) is 0 Å². The van der Waals surface area contributed by atoms with Crippen LogP contribution in [-0.2, 0) is 10.8 Å². The van der Waals surface area contributed by atoms with Crippen LogP contribution in [0.2, 0.25) is 0 Å².